The zero-order chi connectivity index (χ0) is 31.5. The minimum atomic E-state index is -1.36. The Morgan fingerprint density at radius 3 is 1.21 bits per heavy atom. The van der Waals surface area contributed by atoms with Crippen molar-refractivity contribution >= 4 is 36.3 Å². The summed E-state index contributed by atoms with van der Waals surface area (Å²) in [6.45, 7) is 0. The van der Waals surface area contributed by atoms with E-state index < -0.39 is 47.9 Å². The highest BCUT2D eigenvalue weighted by Gasteiger charge is 2.31. The summed E-state index contributed by atoms with van der Waals surface area (Å²) in [7, 11) is 0. The minimum absolute atomic E-state index is 0.000564. The summed E-state index contributed by atoms with van der Waals surface area (Å²) in [5, 5.41) is 46.3. The van der Waals surface area contributed by atoms with Gasteiger partial charge in [0.1, 0.15) is 35.4 Å². The van der Waals surface area contributed by atoms with Gasteiger partial charge in [0.25, 0.3) is 0 Å². The number of aliphatic carboxylic acids is 1. The first-order chi connectivity index (χ1) is 20.4. The number of benzene rings is 3. The van der Waals surface area contributed by atoms with E-state index in [0.29, 0.717) is 16.7 Å². The van der Waals surface area contributed by atoms with E-state index in [0.717, 1.165) is 0 Å². The van der Waals surface area contributed by atoms with Crippen molar-refractivity contribution in [3.8, 4) is 17.2 Å². The number of nitrogens with two attached hydrogens (primary N) is 1. The Bertz CT molecular complexity index is 1400. The van der Waals surface area contributed by atoms with E-state index in [1.54, 1.807) is 24.3 Å². The van der Waals surface area contributed by atoms with Crippen LogP contribution in [0, 0.1) is 0 Å². The summed E-state index contributed by atoms with van der Waals surface area (Å²) in [5.41, 5.74) is 7.48. The van der Waals surface area contributed by atoms with Crippen LogP contribution in [0.15, 0.2) is 72.8 Å². The van der Waals surface area contributed by atoms with Gasteiger partial charge in [0.2, 0.25) is 17.7 Å². The summed E-state index contributed by atoms with van der Waals surface area (Å²) in [6.07, 6.45) is -0.175. The third-order valence-corrected chi connectivity index (χ3v) is 6.94. The molecular formula is C30H34N4O8S. The second-order valence-electron chi connectivity index (χ2n) is 9.92. The van der Waals surface area contributed by atoms with Crippen LogP contribution in [-0.4, -0.2) is 74.0 Å². The lowest BCUT2D eigenvalue weighted by Gasteiger charge is -2.25. The predicted octanol–water partition coefficient (Wildman–Crippen LogP) is 0.627. The van der Waals surface area contributed by atoms with Crippen molar-refractivity contribution in [1.82, 2.24) is 16.0 Å². The fourth-order valence-corrected chi connectivity index (χ4v) is 4.29. The zero-order valence-electron chi connectivity index (χ0n) is 23.0. The number of carboxylic acid groups (broad SMARTS) is 1. The predicted molar refractivity (Wildman–Crippen MR) is 161 cm³/mol. The van der Waals surface area contributed by atoms with E-state index >= 15 is 0 Å². The second kappa shape index (κ2) is 15.5. The van der Waals surface area contributed by atoms with Gasteiger partial charge in [0, 0.05) is 25.0 Å². The molecule has 13 heteroatoms. The van der Waals surface area contributed by atoms with Crippen molar-refractivity contribution in [2.75, 3.05) is 5.75 Å². The molecule has 0 aliphatic rings. The fraction of sp³-hybridized carbons (Fsp3) is 0.267. The molecule has 0 unspecified atom stereocenters. The molecule has 228 valence electrons. The third-order valence-electron chi connectivity index (χ3n) is 6.54. The third kappa shape index (κ3) is 10.2. The average Bonchev–Trinajstić information content (AvgIpc) is 2.98. The number of phenolic OH excluding ortho intramolecular Hbond substituents is 3. The van der Waals surface area contributed by atoms with Gasteiger partial charge in [0.15, 0.2) is 0 Å². The number of hydrogen-bond acceptors (Lipinski definition) is 9. The zero-order valence-corrected chi connectivity index (χ0v) is 23.9. The molecule has 0 spiro atoms. The molecule has 3 aromatic rings. The van der Waals surface area contributed by atoms with Crippen LogP contribution in [0.3, 0.4) is 0 Å². The lowest BCUT2D eigenvalue weighted by Crippen LogP contribution is -2.58. The molecule has 3 rings (SSSR count). The maximum atomic E-state index is 13.6. The molecule has 0 aromatic heterocycles. The summed E-state index contributed by atoms with van der Waals surface area (Å²) in [6, 6.07) is 12.9. The van der Waals surface area contributed by atoms with Crippen LogP contribution < -0.4 is 21.7 Å². The number of nitrogens with one attached hydrogen (secondary N) is 3. The molecule has 0 aliphatic carbocycles. The topological polar surface area (TPSA) is 211 Å². The smallest absolute Gasteiger partial charge is 0.326 e. The largest absolute Gasteiger partial charge is 0.508 e. The molecule has 0 aliphatic heterocycles. The van der Waals surface area contributed by atoms with Crippen LogP contribution in [0.1, 0.15) is 16.7 Å². The molecule has 3 aromatic carbocycles. The van der Waals surface area contributed by atoms with Crippen LogP contribution in [0.2, 0.25) is 0 Å². The second-order valence-corrected chi connectivity index (χ2v) is 10.3. The summed E-state index contributed by atoms with van der Waals surface area (Å²) in [4.78, 5) is 51.7. The molecule has 0 heterocycles. The number of amides is 3. The van der Waals surface area contributed by atoms with E-state index in [9.17, 15) is 39.6 Å². The van der Waals surface area contributed by atoms with Gasteiger partial charge in [-0.05, 0) is 53.1 Å². The molecule has 4 atom stereocenters. The van der Waals surface area contributed by atoms with Crippen molar-refractivity contribution in [2.45, 2.75) is 43.4 Å². The summed E-state index contributed by atoms with van der Waals surface area (Å²) in [5.74, 6) is -3.47. The van der Waals surface area contributed by atoms with Crippen LogP contribution in [0.25, 0.3) is 0 Å². The van der Waals surface area contributed by atoms with Gasteiger partial charge in [-0.3, -0.25) is 14.4 Å². The Kier molecular flexibility index (Phi) is 11.8. The van der Waals surface area contributed by atoms with Gasteiger partial charge in [-0.1, -0.05) is 36.4 Å². The normalized spacial score (nSPS) is 13.6. The molecule has 0 fully saturated rings. The first-order valence-corrected chi connectivity index (χ1v) is 13.9. The Balaban J connectivity index is 1.86. The number of carboxylic acids is 1. The van der Waals surface area contributed by atoms with Gasteiger partial charge in [-0.2, -0.15) is 12.6 Å². The lowest BCUT2D eigenvalue weighted by molar-refractivity contribution is -0.142. The van der Waals surface area contributed by atoms with Crippen LogP contribution in [0.5, 0.6) is 17.2 Å². The van der Waals surface area contributed by atoms with Crippen molar-refractivity contribution in [3.63, 3.8) is 0 Å². The quantitative estimate of drug-likeness (QED) is 0.117. The average molecular weight is 611 g/mol. The number of rotatable bonds is 14. The van der Waals surface area contributed by atoms with Crippen molar-refractivity contribution < 1.29 is 39.6 Å². The molecule has 0 radical (unpaired) electrons. The molecule has 12 nitrogen and oxygen atoms in total. The first-order valence-electron chi connectivity index (χ1n) is 13.3. The van der Waals surface area contributed by atoms with Crippen molar-refractivity contribution in [1.29, 1.82) is 0 Å². The molecule has 43 heavy (non-hydrogen) atoms. The number of carbonyl (C=O) groups excluding carboxylic acids is 3. The van der Waals surface area contributed by atoms with Crippen LogP contribution >= 0.6 is 12.6 Å². The highest BCUT2D eigenvalue weighted by atomic mass is 32.1. The number of carbonyl (C=O) groups is 4. The summed E-state index contributed by atoms with van der Waals surface area (Å²) >= 11 is 4.03. The molecular weight excluding hydrogens is 576 g/mol. The summed E-state index contributed by atoms with van der Waals surface area (Å²) < 4.78 is 0. The molecule has 0 bridgehead atoms. The Hall–Kier alpha value is -4.75. The maximum absolute atomic E-state index is 13.6. The Morgan fingerprint density at radius 2 is 0.884 bits per heavy atom. The molecule has 0 saturated heterocycles. The van der Waals surface area contributed by atoms with Gasteiger partial charge in [-0.25, -0.2) is 4.79 Å². The van der Waals surface area contributed by atoms with Gasteiger partial charge >= 0.3 is 5.97 Å². The van der Waals surface area contributed by atoms with Gasteiger partial charge < -0.3 is 42.1 Å². The van der Waals surface area contributed by atoms with Gasteiger partial charge in [0.05, 0.1) is 6.04 Å². The highest BCUT2D eigenvalue weighted by molar-refractivity contribution is 7.80. The van der Waals surface area contributed by atoms with E-state index in [-0.39, 0.29) is 42.3 Å². The SMILES string of the molecule is N[C@@H](CS)C(=O)N[C@@H](Cc1ccc(O)cc1)C(=O)N[C@@H](Cc1ccc(O)cc1)C(=O)N[C@@H](Cc1ccc(O)cc1)C(=O)O. The monoisotopic (exact) mass is 610 g/mol. The number of phenols is 3. The van der Waals surface area contributed by atoms with E-state index in [4.69, 9.17) is 5.73 Å². The molecule has 9 N–H and O–H groups in total. The molecule has 0 saturated carbocycles. The first kappa shape index (κ1) is 32.8. The van der Waals surface area contributed by atoms with E-state index in [1.165, 1.54) is 48.5 Å². The molecule has 3 amide bonds. The highest BCUT2D eigenvalue weighted by Crippen LogP contribution is 2.15. The standard InChI is InChI=1S/C30H34N4O8S/c31-23(16-43)27(38)32-24(13-17-1-7-20(35)8-2-17)28(39)33-25(14-18-3-9-21(36)10-4-18)29(40)34-26(30(41)42)15-19-5-11-22(37)12-6-19/h1-12,23-26,35-37,43H,13-16,31H2,(H,32,38)(H,33,39)(H,34,40)(H,41,42)/t23-,24-,25-,26-/m0/s1. The lowest BCUT2D eigenvalue weighted by atomic mass is 10.0. The van der Waals surface area contributed by atoms with Crippen LogP contribution in [-0.2, 0) is 38.4 Å². The number of aromatic hydroxyl groups is 3. The number of hydrogen-bond donors (Lipinski definition) is 9. The Labute approximate surface area is 253 Å². The van der Waals surface area contributed by atoms with E-state index in [1.807, 2.05) is 0 Å². The van der Waals surface area contributed by atoms with Crippen molar-refractivity contribution in [2.24, 2.45) is 5.73 Å². The van der Waals surface area contributed by atoms with E-state index in [2.05, 4.69) is 28.6 Å². The minimum Gasteiger partial charge on any atom is -0.508 e. The van der Waals surface area contributed by atoms with Crippen LogP contribution in [0.4, 0.5) is 0 Å². The Morgan fingerprint density at radius 1 is 0.581 bits per heavy atom. The van der Waals surface area contributed by atoms with Gasteiger partial charge in [-0.15, -0.1) is 0 Å². The fourth-order valence-electron chi connectivity index (χ4n) is 4.13. The van der Waals surface area contributed by atoms with Crippen molar-refractivity contribution in [3.05, 3.63) is 89.5 Å². The maximum Gasteiger partial charge on any atom is 0.326 e. The number of thiol groups is 1.